The smallest absolute Gasteiger partial charge is 0.179 e. The Morgan fingerprint density at radius 2 is 2.05 bits per heavy atom. The number of halogens is 1. The molecule has 0 radical (unpaired) electrons. The Bertz CT molecular complexity index is 445. The van der Waals surface area contributed by atoms with Crippen molar-refractivity contribution in [3.05, 3.63) is 22.7 Å². The molecule has 1 aliphatic rings. The topological polar surface area (TPSA) is 50.7 Å². The van der Waals surface area contributed by atoms with Crippen LogP contribution in [0.2, 0.25) is 5.02 Å². The Morgan fingerprint density at radius 3 is 2.75 bits per heavy atom. The molecule has 0 aliphatic carbocycles. The van der Waals surface area contributed by atoms with Crippen LogP contribution in [0, 0.1) is 0 Å². The second kappa shape index (κ2) is 7.16. The summed E-state index contributed by atoms with van der Waals surface area (Å²) in [7, 11) is 3.11. The summed E-state index contributed by atoms with van der Waals surface area (Å²) in [4.78, 5) is 0. The largest absolute Gasteiger partial charge is 0.493 e. The second-order valence-corrected chi connectivity index (χ2v) is 5.44. The quantitative estimate of drug-likeness (QED) is 0.897. The Kier molecular flexibility index (Phi) is 5.52. The predicted octanol–water partition coefficient (Wildman–Crippen LogP) is 2.92. The van der Waals surface area contributed by atoms with Crippen molar-refractivity contribution in [2.24, 2.45) is 0 Å². The first-order chi connectivity index (χ1) is 9.69. The summed E-state index contributed by atoms with van der Waals surface area (Å²) < 4.78 is 10.5. The Morgan fingerprint density at radius 1 is 1.25 bits per heavy atom. The highest BCUT2D eigenvalue weighted by Gasteiger charge is 2.26. The number of nitrogens with one attached hydrogen (secondary N) is 1. The average molecular weight is 300 g/mol. The maximum absolute atomic E-state index is 10.6. The number of ether oxygens (including phenoxy) is 2. The van der Waals surface area contributed by atoms with Crippen LogP contribution in [0.3, 0.4) is 0 Å². The van der Waals surface area contributed by atoms with Gasteiger partial charge in [0.2, 0.25) is 0 Å². The van der Waals surface area contributed by atoms with Gasteiger partial charge in [0.15, 0.2) is 11.5 Å². The lowest BCUT2D eigenvalue weighted by molar-refractivity contribution is 0.126. The maximum atomic E-state index is 10.6. The van der Waals surface area contributed by atoms with Crippen LogP contribution in [0.1, 0.15) is 37.4 Å². The van der Waals surface area contributed by atoms with Crippen molar-refractivity contribution >= 4 is 11.6 Å². The standard InChI is InChI=1S/C15H22ClNO3/c1-19-12-8-7-10(13(16)15(12)20-2)14(18)11-6-4-3-5-9-17-11/h7-8,11,14,17-18H,3-6,9H2,1-2H3. The summed E-state index contributed by atoms with van der Waals surface area (Å²) in [5.41, 5.74) is 0.684. The van der Waals surface area contributed by atoms with Crippen molar-refractivity contribution in [2.75, 3.05) is 20.8 Å². The number of benzene rings is 1. The van der Waals surface area contributed by atoms with Crippen LogP contribution in [0.4, 0.5) is 0 Å². The molecule has 2 atom stereocenters. The third-order valence-corrected chi connectivity index (χ3v) is 4.20. The van der Waals surface area contributed by atoms with Crippen molar-refractivity contribution in [3.8, 4) is 11.5 Å². The number of aliphatic hydroxyl groups is 1. The summed E-state index contributed by atoms with van der Waals surface area (Å²) in [5, 5.41) is 14.4. The highest BCUT2D eigenvalue weighted by Crippen LogP contribution is 2.40. The SMILES string of the molecule is COc1ccc(C(O)C2CCCCCN2)c(Cl)c1OC. The minimum atomic E-state index is -0.639. The van der Waals surface area contributed by atoms with Crippen LogP contribution in [-0.4, -0.2) is 31.9 Å². The molecular formula is C15H22ClNO3. The average Bonchev–Trinajstić information content (AvgIpc) is 2.75. The van der Waals surface area contributed by atoms with E-state index in [0.717, 1.165) is 25.8 Å². The molecule has 1 saturated heterocycles. The van der Waals surface area contributed by atoms with E-state index < -0.39 is 6.10 Å². The Labute approximate surface area is 125 Å². The van der Waals surface area contributed by atoms with Gasteiger partial charge in [0.05, 0.1) is 25.3 Å². The predicted molar refractivity (Wildman–Crippen MR) is 79.8 cm³/mol. The molecule has 112 valence electrons. The normalized spacial score (nSPS) is 21.1. The van der Waals surface area contributed by atoms with Gasteiger partial charge in [0.1, 0.15) is 0 Å². The van der Waals surface area contributed by atoms with Crippen molar-refractivity contribution in [3.63, 3.8) is 0 Å². The van der Waals surface area contributed by atoms with Gasteiger partial charge >= 0.3 is 0 Å². The van der Waals surface area contributed by atoms with Gasteiger partial charge in [-0.1, -0.05) is 30.5 Å². The first-order valence-electron chi connectivity index (χ1n) is 7.01. The molecule has 2 unspecified atom stereocenters. The monoisotopic (exact) mass is 299 g/mol. The lowest BCUT2D eigenvalue weighted by Crippen LogP contribution is -2.34. The molecule has 2 N–H and O–H groups in total. The fourth-order valence-electron chi connectivity index (χ4n) is 2.67. The van der Waals surface area contributed by atoms with E-state index in [1.165, 1.54) is 6.42 Å². The van der Waals surface area contributed by atoms with Crippen LogP contribution in [0.15, 0.2) is 12.1 Å². The fraction of sp³-hybridized carbons (Fsp3) is 0.600. The highest BCUT2D eigenvalue weighted by atomic mass is 35.5. The Hall–Kier alpha value is -0.970. The zero-order valence-corrected chi connectivity index (χ0v) is 12.7. The lowest BCUT2D eigenvalue weighted by Gasteiger charge is -2.24. The molecule has 1 aromatic carbocycles. The molecule has 0 bridgehead atoms. The van der Waals surface area contributed by atoms with E-state index in [4.69, 9.17) is 21.1 Å². The third kappa shape index (κ3) is 3.19. The zero-order chi connectivity index (χ0) is 14.5. The van der Waals surface area contributed by atoms with Crippen LogP contribution in [-0.2, 0) is 0 Å². The molecule has 0 aromatic heterocycles. The van der Waals surface area contributed by atoms with Gasteiger partial charge in [-0.3, -0.25) is 0 Å². The summed E-state index contributed by atoms with van der Waals surface area (Å²) >= 11 is 6.35. The minimum absolute atomic E-state index is 0.0353. The summed E-state index contributed by atoms with van der Waals surface area (Å²) in [6, 6.07) is 3.62. The highest BCUT2D eigenvalue weighted by molar-refractivity contribution is 6.33. The van der Waals surface area contributed by atoms with Gasteiger partial charge in [-0.2, -0.15) is 0 Å². The summed E-state index contributed by atoms with van der Waals surface area (Å²) in [6.45, 7) is 0.937. The van der Waals surface area contributed by atoms with E-state index in [9.17, 15) is 5.11 Å². The van der Waals surface area contributed by atoms with Crippen molar-refractivity contribution in [1.82, 2.24) is 5.32 Å². The van der Waals surface area contributed by atoms with E-state index >= 15 is 0 Å². The molecule has 1 heterocycles. The van der Waals surface area contributed by atoms with Crippen molar-refractivity contribution in [1.29, 1.82) is 0 Å². The molecule has 0 amide bonds. The molecular weight excluding hydrogens is 278 g/mol. The molecule has 5 heteroatoms. The first kappa shape index (κ1) is 15.4. The number of hydrogen-bond donors (Lipinski definition) is 2. The molecule has 0 saturated carbocycles. The molecule has 2 rings (SSSR count). The van der Waals surface area contributed by atoms with Gasteiger partial charge in [-0.25, -0.2) is 0 Å². The lowest BCUT2D eigenvalue weighted by atomic mass is 9.98. The van der Waals surface area contributed by atoms with Gasteiger partial charge in [-0.05, 0) is 25.5 Å². The first-order valence-corrected chi connectivity index (χ1v) is 7.38. The summed E-state index contributed by atoms with van der Waals surface area (Å²) in [6.07, 6.45) is 3.80. The molecule has 0 spiro atoms. The van der Waals surface area contributed by atoms with Crippen LogP contribution >= 0.6 is 11.6 Å². The van der Waals surface area contributed by atoms with E-state index in [2.05, 4.69) is 5.32 Å². The van der Waals surface area contributed by atoms with E-state index in [1.54, 1.807) is 26.4 Å². The molecule has 4 nitrogen and oxygen atoms in total. The number of methoxy groups -OCH3 is 2. The van der Waals surface area contributed by atoms with Crippen LogP contribution < -0.4 is 14.8 Å². The minimum Gasteiger partial charge on any atom is -0.493 e. The van der Waals surface area contributed by atoms with Crippen LogP contribution in [0.5, 0.6) is 11.5 Å². The van der Waals surface area contributed by atoms with Crippen LogP contribution in [0.25, 0.3) is 0 Å². The van der Waals surface area contributed by atoms with E-state index in [-0.39, 0.29) is 6.04 Å². The third-order valence-electron chi connectivity index (χ3n) is 3.81. The number of aliphatic hydroxyl groups excluding tert-OH is 1. The van der Waals surface area contributed by atoms with Gasteiger partial charge < -0.3 is 19.9 Å². The zero-order valence-electron chi connectivity index (χ0n) is 12.0. The number of rotatable bonds is 4. The molecule has 1 aliphatic heterocycles. The van der Waals surface area contributed by atoms with E-state index in [0.29, 0.717) is 22.1 Å². The molecule has 20 heavy (non-hydrogen) atoms. The summed E-state index contributed by atoms with van der Waals surface area (Å²) in [5.74, 6) is 1.04. The van der Waals surface area contributed by atoms with Crippen molar-refractivity contribution in [2.45, 2.75) is 37.8 Å². The Balaban J connectivity index is 2.27. The molecule has 1 fully saturated rings. The number of hydrogen-bond acceptors (Lipinski definition) is 4. The molecule has 1 aromatic rings. The van der Waals surface area contributed by atoms with Crippen molar-refractivity contribution < 1.29 is 14.6 Å². The second-order valence-electron chi connectivity index (χ2n) is 5.06. The van der Waals surface area contributed by atoms with Gasteiger partial charge in [0, 0.05) is 11.6 Å². The maximum Gasteiger partial charge on any atom is 0.179 e. The van der Waals surface area contributed by atoms with Gasteiger partial charge in [0.25, 0.3) is 0 Å². The van der Waals surface area contributed by atoms with Gasteiger partial charge in [-0.15, -0.1) is 0 Å². The van der Waals surface area contributed by atoms with E-state index in [1.807, 2.05) is 0 Å². The fourth-order valence-corrected chi connectivity index (χ4v) is 3.02.